The second-order valence-electron chi connectivity index (χ2n) is 7.09. The fourth-order valence-corrected chi connectivity index (χ4v) is 3.69. The number of imide groups is 1. The number of esters is 1. The molecule has 5 nitrogen and oxygen atoms in total. The lowest BCUT2D eigenvalue weighted by molar-refractivity contribution is 0.0497. The molecule has 1 heterocycles. The first-order valence-electron chi connectivity index (χ1n) is 9.98. The van der Waals surface area contributed by atoms with Crippen molar-refractivity contribution < 1.29 is 19.1 Å². The van der Waals surface area contributed by atoms with Crippen LogP contribution >= 0.6 is 15.9 Å². The zero-order valence-corrected chi connectivity index (χ0v) is 18.0. The van der Waals surface area contributed by atoms with Crippen molar-refractivity contribution in [2.75, 3.05) is 11.5 Å². The maximum Gasteiger partial charge on any atom is 0.338 e. The van der Waals surface area contributed by atoms with Crippen LogP contribution in [-0.4, -0.2) is 24.4 Å². The molecule has 0 aliphatic carbocycles. The molecule has 0 aromatic heterocycles. The van der Waals surface area contributed by atoms with Gasteiger partial charge in [-0.3, -0.25) is 9.59 Å². The summed E-state index contributed by atoms with van der Waals surface area (Å²) in [5, 5.41) is 0. The fraction of sp³-hybridized carbons (Fsp3) is 0.348. The van der Waals surface area contributed by atoms with E-state index in [1.807, 2.05) is 0 Å². The van der Waals surface area contributed by atoms with Gasteiger partial charge < -0.3 is 4.74 Å². The number of rotatable bonds is 9. The standard InChI is InChI=1S/C23H24BrNO4/c1-2-3-4-5-6-7-14-29-23(28)16-8-11-18(12-9-16)25-21(26)19-13-10-17(24)15-20(19)22(25)27/h8-13,15H,2-7,14H2,1H3. The lowest BCUT2D eigenvalue weighted by Gasteiger charge is -2.14. The number of hydrogen-bond donors (Lipinski definition) is 0. The number of carbonyl (C=O) groups excluding carboxylic acids is 3. The number of nitrogens with zero attached hydrogens (tertiary/aromatic N) is 1. The van der Waals surface area contributed by atoms with Crippen LogP contribution in [0.4, 0.5) is 5.69 Å². The topological polar surface area (TPSA) is 63.7 Å². The van der Waals surface area contributed by atoms with Gasteiger partial charge in [0.05, 0.1) is 29.0 Å². The summed E-state index contributed by atoms with van der Waals surface area (Å²) in [4.78, 5) is 38.6. The third-order valence-corrected chi connectivity index (χ3v) is 5.43. The Morgan fingerprint density at radius 1 is 0.897 bits per heavy atom. The van der Waals surface area contributed by atoms with Crippen molar-refractivity contribution in [2.24, 2.45) is 0 Å². The number of ether oxygens (including phenoxy) is 1. The number of anilines is 1. The highest BCUT2D eigenvalue weighted by atomic mass is 79.9. The Balaban J connectivity index is 1.57. The SMILES string of the molecule is CCCCCCCCOC(=O)c1ccc(N2C(=O)c3ccc(Br)cc3C2=O)cc1. The van der Waals surface area contributed by atoms with E-state index in [2.05, 4.69) is 22.9 Å². The summed E-state index contributed by atoms with van der Waals surface area (Å²) < 4.78 is 6.05. The number of fused-ring (bicyclic) bond motifs is 1. The number of carbonyl (C=O) groups is 3. The summed E-state index contributed by atoms with van der Waals surface area (Å²) in [6, 6.07) is 11.4. The van der Waals surface area contributed by atoms with E-state index in [-0.39, 0.29) is 11.8 Å². The maximum atomic E-state index is 12.6. The molecule has 152 valence electrons. The third-order valence-electron chi connectivity index (χ3n) is 4.94. The molecule has 0 N–H and O–H groups in total. The van der Waals surface area contributed by atoms with E-state index in [1.165, 1.54) is 19.3 Å². The molecular formula is C23H24BrNO4. The Morgan fingerprint density at radius 2 is 1.55 bits per heavy atom. The van der Waals surface area contributed by atoms with E-state index >= 15 is 0 Å². The predicted molar refractivity (Wildman–Crippen MR) is 115 cm³/mol. The summed E-state index contributed by atoms with van der Waals surface area (Å²) in [7, 11) is 0. The molecule has 0 unspecified atom stereocenters. The van der Waals surface area contributed by atoms with Gasteiger partial charge in [-0.2, -0.15) is 0 Å². The van der Waals surface area contributed by atoms with E-state index in [1.54, 1.807) is 42.5 Å². The normalized spacial score (nSPS) is 13.0. The Labute approximate surface area is 179 Å². The highest BCUT2D eigenvalue weighted by Crippen LogP contribution is 2.30. The summed E-state index contributed by atoms with van der Waals surface area (Å²) in [5.74, 6) is -1.13. The molecular weight excluding hydrogens is 434 g/mol. The highest BCUT2D eigenvalue weighted by Gasteiger charge is 2.36. The molecule has 0 saturated heterocycles. The lowest BCUT2D eigenvalue weighted by Crippen LogP contribution is -2.29. The first-order valence-corrected chi connectivity index (χ1v) is 10.8. The van der Waals surface area contributed by atoms with Gasteiger partial charge in [-0.15, -0.1) is 0 Å². The molecule has 0 spiro atoms. The zero-order chi connectivity index (χ0) is 20.8. The highest BCUT2D eigenvalue weighted by molar-refractivity contribution is 9.10. The molecule has 2 aromatic rings. The number of benzene rings is 2. The van der Waals surface area contributed by atoms with Crippen molar-refractivity contribution >= 4 is 39.4 Å². The van der Waals surface area contributed by atoms with E-state index in [4.69, 9.17) is 4.74 Å². The summed E-state index contributed by atoms with van der Waals surface area (Å²) in [5.41, 5.74) is 1.58. The average Bonchev–Trinajstić information content (AvgIpc) is 2.97. The molecule has 3 rings (SSSR count). The largest absolute Gasteiger partial charge is 0.462 e. The Kier molecular flexibility index (Phi) is 7.20. The molecule has 0 fully saturated rings. The first kappa shape index (κ1) is 21.2. The van der Waals surface area contributed by atoms with Gasteiger partial charge in [-0.05, 0) is 48.9 Å². The number of unbranched alkanes of at least 4 members (excludes halogenated alkanes) is 5. The monoisotopic (exact) mass is 457 g/mol. The number of amides is 2. The molecule has 1 aliphatic rings. The second-order valence-corrected chi connectivity index (χ2v) is 8.00. The van der Waals surface area contributed by atoms with Crippen molar-refractivity contribution in [1.29, 1.82) is 0 Å². The maximum absolute atomic E-state index is 12.6. The van der Waals surface area contributed by atoms with Gasteiger partial charge >= 0.3 is 5.97 Å². The van der Waals surface area contributed by atoms with Crippen LogP contribution in [0.3, 0.4) is 0 Å². The van der Waals surface area contributed by atoms with E-state index in [9.17, 15) is 14.4 Å². The van der Waals surface area contributed by atoms with Crippen LogP contribution in [0.15, 0.2) is 46.9 Å². The second kappa shape index (κ2) is 9.83. The molecule has 2 amide bonds. The van der Waals surface area contributed by atoms with Gasteiger partial charge in [0, 0.05) is 4.47 Å². The van der Waals surface area contributed by atoms with Crippen LogP contribution in [0.5, 0.6) is 0 Å². The lowest BCUT2D eigenvalue weighted by atomic mass is 10.1. The third kappa shape index (κ3) is 4.93. The molecule has 0 atom stereocenters. The van der Waals surface area contributed by atoms with Crippen molar-refractivity contribution in [1.82, 2.24) is 0 Å². The minimum absolute atomic E-state index is 0.365. The van der Waals surface area contributed by atoms with Gasteiger partial charge in [0.25, 0.3) is 11.8 Å². The van der Waals surface area contributed by atoms with E-state index in [0.717, 1.165) is 28.6 Å². The smallest absolute Gasteiger partial charge is 0.338 e. The van der Waals surface area contributed by atoms with Gasteiger partial charge in [0.15, 0.2) is 0 Å². The number of hydrogen-bond acceptors (Lipinski definition) is 4. The Bertz CT molecular complexity index is 908. The molecule has 0 bridgehead atoms. The van der Waals surface area contributed by atoms with Crippen molar-refractivity contribution in [3.8, 4) is 0 Å². The first-order chi connectivity index (χ1) is 14.0. The van der Waals surface area contributed by atoms with E-state index < -0.39 is 5.97 Å². The quantitative estimate of drug-likeness (QED) is 0.272. The van der Waals surface area contributed by atoms with Gasteiger partial charge in [-0.1, -0.05) is 55.0 Å². The van der Waals surface area contributed by atoms with Crippen LogP contribution in [0.25, 0.3) is 0 Å². The van der Waals surface area contributed by atoms with Crippen molar-refractivity contribution in [2.45, 2.75) is 45.4 Å². The molecule has 2 aromatic carbocycles. The minimum Gasteiger partial charge on any atom is -0.462 e. The predicted octanol–water partition coefficient (Wildman–Crippen LogP) is 5.77. The van der Waals surface area contributed by atoms with Gasteiger partial charge in [0.2, 0.25) is 0 Å². The van der Waals surface area contributed by atoms with Crippen molar-refractivity contribution in [3.05, 3.63) is 63.6 Å². The van der Waals surface area contributed by atoms with Crippen LogP contribution in [0, 0.1) is 0 Å². The summed E-state index contributed by atoms with van der Waals surface area (Å²) in [6.45, 7) is 2.58. The van der Waals surface area contributed by atoms with Crippen LogP contribution in [0.2, 0.25) is 0 Å². The summed E-state index contributed by atoms with van der Waals surface area (Å²) >= 11 is 3.32. The molecule has 1 aliphatic heterocycles. The van der Waals surface area contributed by atoms with Crippen LogP contribution in [-0.2, 0) is 4.74 Å². The molecule has 0 radical (unpaired) electrons. The Hall–Kier alpha value is -2.47. The molecule has 0 saturated carbocycles. The molecule has 29 heavy (non-hydrogen) atoms. The molecule has 6 heteroatoms. The van der Waals surface area contributed by atoms with Crippen LogP contribution < -0.4 is 4.90 Å². The van der Waals surface area contributed by atoms with Crippen molar-refractivity contribution in [3.63, 3.8) is 0 Å². The van der Waals surface area contributed by atoms with E-state index in [0.29, 0.717) is 29.0 Å². The fourth-order valence-electron chi connectivity index (χ4n) is 3.32. The van der Waals surface area contributed by atoms with Gasteiger partial charge in [-0.25, -0.2) is 9.69 Å². The average molecular weight is 458 g/mol. The summed E-state index contributed by atoms with van der Waals surface area (Å²) in [6.07, 6.45) is 6.76. The Morgan fingerprint density at radius 3 is 2.28 bits per heavy atom. The van der Waals surface area contributed by atoms with Gasteiger partial charge in [0.1, 0.15) is 0 Å². The minimum atomic E-state index is -0.392. The number of halogens is 1. The van der Waals surface area contributed by atoms with Crippen LogP contribution in [0.1, 0.15) is 76.5 Å². The zero-order valence-electron chi connectivity index (χ0n) is 16.4.